The minimum atomic E-state index is 0.374. The van der Waals surface area contributed by atoms with Gasteiger partial charge in [0, 0.05) is 17.3 Å². The van der Waals surface area contributed by atoms with Crippen molar-refractivity contribution in [1.29, 1.82) is 0 Å². The quantitative estimate of drug-likeness (QED) is 0.788. The van der Waals surface area contributed by atoms with E-state index in [1.807, 2.05) is 11.8 Å². The van der Waals surface area contributed by atoms with Crippen molar-refractivity contribution in [3.63, 3.8) is 0 Å². The van der Waals surface area contributed by atoms with Crippen LogP contribution in [-0.4, -0.2) is 48.1 Å². The molecular formula is C14H30N2S. The van der Waals surface area contributed by atoms with Gasteiger partial charge in [0.05, 0.1) is 0 Å². The number of rotatable bonds is 6. The molecule has 0 amide bonds. The Kier molecular flexibility index (Phi) is 6.90. The molecule has 0 aromatic carbocycles. The molecule has 1 fully saturated rings. The summed E-state index contributed by atoms with van der Waals surface area (Å²) in [5.74, 6) is 0. The molecule has 0 aliphatic carbocycles. The van der Waals surface area contributed by atoms with E-state index >= 15 is 0 Å². The van der Waals surface area contributed by atoms with Crippen molar-refractivity contribution < 1.29 is 0 Å². The van der Waals surface area contributed by atoms with Crippen LogP contribution in [0.5, 0.6) is 0 Å². The molecule has 102 valence electrons. The SMILES string of the molecule is CCC1(CC)CN(CCC(C)SC)CCCN1. The van der Waals surface area contributed by atoms with E-state index in [4.69, 9.17) is 0 Å². The van der Waals surface area contributed by atoms with Gasteiger partial charge in [-0.1, -0.05) is 20.8 Å². The zero-order valence-electron chi connectivity index (χ0n) is 12.1. The first-order valence-corrected chi connectivity index (χ1v) is 8.44. The second-order valence-electron chi connectivity index (χ2n) is 5.38. The third kappa shape index (κ3) is 4.80. The first-order valence-electron chi connectivity index (χ1n) is 7.16. The zero-order chi connectivity index (χ0) is 12.7. The Hall–Kier alpha value is 0.270. The Morgan fingerprint density at radius 3 is 2.65 bits per heavy atom. The number of hydrogen-bond acceptors (Lipinski definition) is 3. The van der Waals surface area contributed by atoms with Gasteiger partial charge in [-0.05, 0) is 51.6 Å². The van der Waals surface area contributed by atoms with Crippen molar-refractivity contribution in [3.05, 3.63) is 0 Å². The highest BCUT2D eigenvalue weighted by Gasteiger charge is 2.29. The zero-order valence-corrected chi connectivity index (χ0v) is 12.9. The normalized spacial score (nSPS) is 23.3. The maximum absolute atomic E-state index is 3.78. The van der Waals surface area contributed by atoms with Crippen LogP contribution in [0.4, 0.5) is 0 Å². The summed E-state index contributed by atoms with van der Waals surface area (Å²) >= 11 is 1.99. The van der Waals surface area contributed by atoms with Gasteiger partial charge in [0.25, 0.3) is 0 Å². The van der Waals surface area contributed by atoms with Gasteiger partial charge in [0.2, 0.25) is 0 Å². The van der Waals surface area contributed by atoms with Crippen LogP contribution in [0.1, 0.15) is 46.5 Å². The molecule has 1 N–H and O–H groups in total. The van der Waals surface area contributed by atoms with Crippen LogP contribution >= 0.6 is 11.8 Å². The fraction of sp³-hybridized carbons (Fsp3) is 1.00. The lowest BCUT2D eigenvalue weighted by molar-refractivity contribution is 0.196. The lowest BCUT2D eigenvalue weighted by atomic mass is 9.92. The summed E-state index contributed by atoms with van der Waals surface area (Å²) in [7, 11) is 0. The van der Waals surface area contributed by atoms with E-state index in [0.29, 0.717) is 5.54 Å². The molecule has 1 rings (SSSR count). The van der Waals surface area contributed by atoms with Gasteiger partial charge < -0.3 is 10.2 Å². The van der Waals surface area contributed by atoms with Gasteiger partial charge in [0.15, 0.2) is 0 Å². The monoisotopic (exact) mass is 258 g/mol. The van der Waals surface area contributed by atoms with Crippen LogP contribution in [0.25, 0.3) is 0 Å². The Labute approximate surface area is 112 Å². The molecule has 0 aromatic rings. The summed E-state index contributed by atoms with van der Waals surface area (Å²) in [6.07, 6.45) is 7.34. The molecule has 1 saturated heterocycles. The highest BCUT2D eigenvalue weighted by atomic mass is 32.2. The lowest BCUT2D eigenvalue weighted by Gasteiger charge is -2.35. The highest BCUT2D eigenvalue weighted by molar-refractivity contribution is 7.99. The first-order chi connectivity index (χ1) is 8.15. The summed E-state index contributed by atoms with van der Waals surface area (Å²) < 4.78 is 0. The number of nitrogens with one attached hydrogen (secondary N) is 1. The van der Waals surface area contributed by atoms with Crippen LogP contribution < -0.4 is 5.32 Å². The van der Waals surface area contributed by atoms with E-state index < -0.39 is 0 Å². The third-order valence-corrected chi connectivity index (χ3v) is 5.33. The van der Waals surface area contributed by atoms with Gasteiger partial charge in [0.1, 0.15) is 0 Å². The molecule has 17 heavy (non-hydrogen) atoms. The van der Waals surface area contributed by atoms with Crippen LogP contribution in [0, 0.1) is 0 Å². The Balaban J connectivity index is 2.48. The first kappa shape index (κ1) is 15.3. The summed E-state index contributed by atoms with van der Waals surface area (Å²) in [5.41, 5.74) is 0.374. The summed E-state index contributed by atoms with van der Waals surface area (Å²) in [5, 5.41) is 4.57. The van der Waals surface area contributed by atoms with Crippen molar-refractivity contribution in [2.75, 3.05) is 32.4 Å². The second kappa shape index (κ2) is 7.65. The van der Waals surface area contributed by atoms with Crippen LogP contribution in [0.2, 0.25) is 0 Å². The fourth-order valence-electron chi connectivity index (χ4n) is 2.62. The molecule has 1 aliphatic rings. The predicted octanol–water partition coefficient (Wildman–Crippen LogP) is 2.98. The van der Waals surface area contributed by atoms with E-state index in [9.17, 15) is 0 Å². The number of thioether (sulfide) groups is 1. The van der Waals surface area contributed by atoms with E-state index in [1.165, 1.54) is 51.9 Å². The van der Waals surface area contributed by atoms with E-state index in [2.05, 4.69) is 37.2 Å². The average molecular weight is 258 g/mol. The summed E-state index contributed by atoms with van der Waals surface area (Å²) in [4.78, 5) is 2.68. The van der Waals surface area contributed by atoms with Crippen LogP contribution in [0.15, 0.2) is 0 Å². The molecule has 3 heteroatoms. The van der Waals surface area contributed by atoms with E-state index in [-0.39, 0.29) is 0 Å². The second-order valence-corrected chi connectivity index (χ2v) is 6.66. The van der Waals surface area contributed by atoms with Gasteiger partial charge >= 0.3 is 0 Å². The molecule has 1 unspecified atom stereocenters. The molecule has 1 heterocycles. The van der Waals surface area contributed by atoms with Gasteiger partial charge in [-0.3, -0.25) is 0 Å². The molecule has 1 aliphatic heterocycles. The molecule has 1 atom stereocenters. The molecule has 2 nitrogen and oxygen atoms in total. The van der Waals surface area contributed by atoms with Crippen LogP contribution in [-0.2, 0) is 0 Å². The van der Waals surface area contributed by atoms with E-state index in [1.54, 1.807) is 0 Å². The smallest absolute Gasteiger partial charge is 0.0303 e. The molecule has 0 saturated carbocycles. The summed E-state index contributed by atoms with van der Waals surface area (Å²) in [6.45, 7) is 12.0. The van der Waals surface area contributed by atoms with Crippen molar-refractivity contribution in [3.8, 4) is 0 Å². The minimum Gasteiger partial charge on any atom is -0.310 e. The number of hydrogen-bond donors (Lipinski definition) is 1. The highest BCUT2D eigenvalue weighted by Crippen LogP contribution is 2.20. The van der Waals surface area contributed by atoms with Crippen molar-refractivity contribution >= 4 is 11.8 Å². The molecule has 0 spiro atoms. The molecule has 0 radical (unpaired) electrons. The predicted molar refractivity (Wildman–Crippen MR) is 80.0 cm³/mol. The van der Waals surface area contributed by atoms with Crippen LogP contribution in [0.3, 0.4) is 0 Å². The molecule has 0 aromatic heterocycles. The topological polar surface area (TPSA) is 15.3 Å². The minimum absolute atomic E-state index is 0.374. The van der Waals surface area contributed by atoms with Crippen molar-refractivity contribution in [2.24, 2.45) is 0 Å². The Morgan fingerprint density at radius 1 is 1.35 bits per heavy atom. The number of nitrogens with zero attached hydrogens (tertiary/aromatic N) is 1. The Morgan fingerprint density at radius 2 is 2.06 bits per heavy atom. The maximum atomic E-state index is 3.78. The summed E-state index contributed by atoms with van der Waals surface area (Å²) in [6, 6.07) is 0. The maximum Gasteiger partial charge on any atom is 0.0303 e. The largest absolute Gasteiger partial charge is 0.310 e. The average Bonchev–Trinajstić information content (AvgIpc) is 2.58. The fourth-order valence-corrected chi connectivity index (χ4v) is 2.96. The van der Waals surface area contributed by atoms with Crippen molar-refractivity contribution in [1.82, 2.24) is 10.2 Å². The lowest BCUT2D eigenvalue weighted by Crippen LogP contribution is -2.50. The van der Waals surface area contributed by atoms with Gasteiger partial charge in [-0.15, -0.1) is 0 Å². The van der Waals surface area contributed by atoms with Crippen molar-refractivity contribution in [2.45, 2.75) is 57.2 Å². The van der Waals surface area contributed by atoms with E-state index in [0.717, 1.165) is 5.25 Å². The van der Waals surface area contributed by atoms with Gasteiger partial charge in [-0.2, -0.15) is 11.8 Å². The van der Waals surface area contributed by atoms with Gasteiger partial charge in [-0.25, -0.2) is 0 Å². The Bertz CT molecular complexity index is 204. The standard InChI is InChI=1S/C14H30N2S/c1-5-14(6-2)12-16(10-7-9-15-14)11-8-13(3)17-4/h13,15H,5-12H2,1-4H3. The molecular weight excluding hydrogens is 228 g/mol. The molecule has 0 bridgehead atoms. The third-order valence-electron chi connectivity index (χ3n) is 4.29.